The topological polar surface area (TPSA) is 60.5 Å². The van der Waals surface area contributed by atoms with Gasteiger partial charge in [-0.1, -0.05) is 18.2 Å². The van der Waals surface area contributed by atoms with E-state index in [0.29, 0.717) is 22.7 Å². The molecule has 3 aromatic rings. The minimum atomic E-state index is -0.235. The number of para-hydroxylation sites is 1. The molecule has 0 saturated heterocycles. The molecule has 25 heavy (non-hydrogen) atoms. The summed E-state index contributed by atoms with van der Waals surface area (Å²) in [4.78, 5) is 16.6. The van der Waals surface area contributed by atoms with Gasteiger partial charge in [-0.25, -0.2) is 0 Å². The van der Waals surface area contributed by atoms with E-state index in [1.807, 2.05) is 36.4 Å². The van der Waals surface area contributed by atoms with Gasteiger partial charge in [0.1, 0.15) is 17.0 Å². The van der Waals surface area contributed by atoms with Gasteiger partial charge in [0.25, 0.3) is 0 Å². The Kier molecular flexibility index (Phi) is 4.95. The van der Waals surface area contributed by atoms with Gasteiger partial charge in [0.2, 0.25) is 5.91 Å². The number of fused-ring (bicyclic) bond motifs is 1. The van der Waals surface area contributed by atoms with Crippen LogP contribution in [0, 0.1) is 0 Å². The second-order valence-electron chi connectivity index (χ2n) is 5.28. The number of hydrogen-bond donors (Lipinski definition) is 1. The van der Waals surface area contributed by atoms with Gasteiger partial charge in [-0.05, 0) is 36.4 Å². The molecule has 0 aliphatic heterocycles. The molecular weight excluding hydrogens is 316 g/mol. The molecule has 0 aliphatic carbocycles. The number of carbonyl (C=O) groups excluding carboxylic acids is 1. The number of benzene rings is 2. The minimum Gasteiger partial charge on any atom is -0.496 e. The van der Waals surface area contributed by atoms with Crippen molar-refractivity contribution in [1.29, 1.82) is 0 Å². The van der Waals surface area contributed by atoms with Crippen LogP contribution in [0.4, 0.5) is 5.69 Å². The number of pyridine rings is 1. The lowest BCUT2D eigenvalue weighted by atomic mass is 10.1. The van der Waals surface area contributed by atoms with Crippen LogP contribution in [-0.4, -0.2) is 25.1 Å². The average molecular weight is 334 g/mol. The Labute approximate surface area is 145 Å². The van der Waals surface area contributed by atoms with E-state index in [2.05, 4.69) is 10.3 Å². The predicted molar refractivity (Wildman–Crippen MR) is 99.0 cm³/mol. The Morgan fingerprint density at radius 1 is 1.00 bits per heavy atom. The quantitative estimate of drug-likeness (QED) is 0.719. The number of anilines is 1. The number of methoxy groups -OCH3 is 2. The second kappa shape index (κ2) is 7.49. The molecule has 1 aromatic heterocycles. The number of rotatable bonds is 5. The van der Waals surface area contributed by atoms with Crippen LogP contribution in [0.1, 0.15) is 5.56 Å². The summed E-state index contributed by atoms with van der Waals surface area (Å²) in [6.45, 7) is 0. The van der Waals surface area contributed by atoms with Gasteiger partial charge < -0.3 is 14.8 Å². The lowest BCUT2D eigenvalue weighted by Gasteiger charge is -2.10. The number of amides is 1. The summed E-state index contributed by atoms with van der Waals surface area (Å²) >= 11 is 0. The molecule has 1 heterocycles. The Bertz CT molecular complexity index is 935. The first-order valence-corrected chi connectivity index (χ1v) is 7.76. The summed E-state index contributed by atoms with van der Waals surface area (Å²) in [7, 11) is 3.20. The number of nitrogens with zero attached hydrogens (tertiary/aromatic N) is 1. The Morgan fingerprint density at radius 3 is 2.60 bits per heavy atom. The van der Waals surface area contributed by atoms with Gasteiger partial charge in [-0.15, -0.1) is 0 Å². The molecule has 0 radical (unpaired) electrons. The van der Waals surface area contributed by atoms with Crippen molar-refractivity contribution in [1.82, 2.24) is 4.98 Å². The highest BCUT2D eigenvalue weighted by atomic mass is 16.5. The Hall–Kier alpha value is -3.34. The molecule has 0 spiro atoms. The van der Waals surface area contributed by atoms with Gasteiger partial charge in [0, 0.05) is 23.2 Å². The molecule has 3 rings (SSSR count). The third-order valence-corrected chi connectivity index (χ3v) is 3.76. The van der Waals surface area contributed by atoms with Crippen LogP contribution < -0.4 is 14.8 Å². The van der Waals surface area contributed by atoms with Crippen LogP contribution in [0.15, 0.2) is 60.8 Å². The van der Waals surface area contributed by atoms with Crippen molar-refractivity contribution in [2.45, 2.75) is 0 Å². The second-order valence-corrected chi connectivity index (χ2v) is 5.28. The summed E-state index contributed by atoms with van der Waals surface area (Å²) in [6, 6.07) is 14.8. The zero-order valence-corrected chi connectivity index (χ0v) is 14.0. The first-order valence-electron chi connectivity index (χ1n) is 7.76. The lowest BCUT2D eigenvalue weighted by molar-refractivity contribution is -0.111. The highest BCUT2D eigenvalue weighted by molar-refractivity contribution is 6.08. The Balaban J connectivity index is 1.84. The van der Waals surface area contributed by atoms with Gasteiger partial charge in [-0.2, -0.15) is 0 Å². The smallest absolute Gasteiger partial charge is 0.248 e. The number of nitrogens with one attached hydrogen (secondary N) is 1. The average Bonchev–Trinajstić information content (AvgIpc) is 2.67. The van der Waals surface area contributed by atoms with Crippen LogP contribution in [0.3, 0.4) is 0 Å². The summed E-state index contributed by atoms with van der Waals surface area (Å²) in [5.41, 5.74) is 2.22. The monoisotopic (exact) mass is 334 g/mol. The molecule has 5 heteroatoms. The zero-order chi connectivity index (χ0) is 17.6. The standard InChI is InChI=1S/C20H18N2O3/c1-24-17-8-4-3-6-14(17)9-12-19(23)22-16-10-11-18(25-2)20-15(16)7-5-13-21-20/h3-13H,1-2H3,(H,22,23)/b12-9+. The van der Waals surface area contributed by atoms with Gasteiger partial charge in [0.15, 0.2) is 0 Å². The van der Waals surface area contributed by atoms with Crippen molar-refractivity contribution in [2.24, 2.45) is 0 Å². The number of hydrogen-bond acceptors (Lipinski definition) is 4. The van der Waals surface area contributed by atoms with E-state index in [9.17, 15) is 4.79 Å². The molecule has 0 aliphatic rings. The molecule has 126 valence electrons. The molecule has 0 atom stereocenters. The van der Waals surface area contributed by atoms with Crippen LogP contribution >= 0.6 is 0 Å². The Morgan fingerprint density at radius 2 is 1.80 bits per heavy atom. The maximum Gasteiger partial charge on any atom is 0.248 e. The number of ether oxygens (including phenoxy) is 2. The van der Waals surface area contributed by atoms with Crippen molar-refractivity contribution in [2.75, 3.05) is 19.5 Å². The van der Waals surface area contributed by atoms with Crippen molar-refractivity contribution in [3.8, 4) is 11.5 Å². The third-order valence-electron chi connectivity index (χ3n) is 3.76. The van der Waals surface area contributed by atoms with E-state index in [1.54, 1.807) is 38.6 Å². The van der Waals surface area contributed by atoms with Crippen molar-refractivity contribution in [3.05, 3.63) is 66.4 Å². The van der Waals surface area contributed by atoms with E-state index in [4.69, 9.17) is 9.47 Å². The summed E-state index contributed by atoms with van der Waals surface area (Å²) < 4.78 is 10.6. The predicted octanol–water partition coefficient (Wildman–Crippen LogP) is 3.90. The van der Waals surface area contributed by atoms with Crippen LogP contribution in [0.5, 0.6) is 11.5 Å². The van der Waals surface area contributed by atoms with E-state index in [-0.39, 0.29) is 5.91 Å². The first kappa shape index (κ1) is 16.5. The van der Waals surface area contributed by atoms with E-state index in [1.165, 1.54) is 6.08 Å². The minimum absolute atomic E-state index is 0.235. The van der Waals surface area contributed by atoms with E-state index in [0.717, 1.165) is 10.9 Å². The first-order chi connectivity index (χ1) is 12.2. The largest absolute Gasteiger partial charge is 0.496 e. The van der Waals surface area contributed by atoms with Gasteiger partial charge >= 0.3 is 0 Å². The lowest BCUT2D eigenvalue weighted by Crippen LogP contribution is -2.08. The summed E-state index contributed by atoms with van der Waals surface area (Å²) in [6.07, 6.45) is 4.89. The fourth-order valence-electron chi connectivity index (χ4n) is 2.56. The number of aromatic nitrogens is 1. The number of carbonyl (C=O) groups is 1. The third kappa shape index (κ3) is 3.61. The van der Waals surface area contributed by atoms with Gasteiger partial charge in [-0.3, -0.25) is 9.78 Å². The molecule has 0 unspecified atom stereocenters. The van der Waals surface area contributed by atoms with Crippen LogP contribution in [0.25, 0.3) is 17.0 Å². The highest BCUT2D eigenvalue weighted by Gasteiger charge is 2.09. The van der Waals surface area contributed by atoms with Crippen molar-refractivity contribution >= 4 is 28.6 Å². The highest BCUT2D eigenvalue weighted by Crippen LogP contribution is 2.29. The maximum absolute atomic E-state index is 12.3. The normalized spacial score (nSPS) is 10.8. The molecule has 1 amide bonds. The molecular formula is C20H18N2O3. The fraction of sp³-hybridized carbons (Fsp3) is 0.100. The molecule has 5 nitrogen and oxygen atoms in total. The van der Waals surface area contributed by atoms with Crippen LogP contribution in [0.2, 0.25) is 0 Å². The maximum atomic E-state index is 12.3. The fourth-order valence-corrected chi connectivity index (χ4v) is 2.56. The van der Waals surface area contributed by atoms with Crippen LogP contribution in [-0.2, 0) is 4.79 Å². The molecule has 1 N–H and O–H groups in total. The van der Waals surface area contributed by atoms with E-state index < -0.39 is 0 Å². The molecule has 0 bridgehead atoms. The van der Waals surface area contributed by atoms with Gasteiger partial charge in [0.05, 0.1) is 19.9 Å². The SMILES string of the molecule is COc1ccccc1/C=C/C(=O)Nc1ccc(OC)c2ncccc12. The van der Waals surface area contributed by atoms with Crippen molar-refractivity contribution in [3.63, 3.8) is 0 Å². The summed E-state index contributed by atoms with van der Waals surface area (Å²) in [5, 5.41) is 3.70. The molecule has 0 saturated carbocycles. The molecule has 2 aromatic carbocycles. The summed E-state index contributed by atoms with van der Waals surface area (Å²) in [5.74, 6) is 1.14. The van der Waals surface area contributed by atoms with E-state index >= 15 is 0 Å². The van der Waals surface area contributed by atoms with Crippen molar-refractivity contribution < 1.29 is 14.3 Å². The zero-order valence-electron chi connectivity index (χ0n) is 14.0. The molecule has 0 fully saturated rings.